The summed E-state index contributed by atoms with van der Waals surface area (Å²) in [6.07, 6.45) is 4.21. The van der Waals surface area contributed by atoms with Crippen LogP contribution in [-0.4, -0.2) is 18.8 Å². The largest absolute Gasteiger partial charge is 0.457 e. The van der Waals surface area contributed by atoms with Crippen LogP contribution in [0.4, 0.5) is 0 Å². The van der Waals surface area contributed by atoms with E-state index in [9.17, 15) is 0 Å². The number of hydrogen-bond acceptors (Lipinski definition) is 3. The standard InChI is InChI=1S/C48H38N4O/c1-27-19-29(3)45(30(4)20-27)41-26-51-42-13-9-7-11-37(42)35-17-15-34(24-40(35)48(51)50-41)53-33-16-18-36-38-12-8-10-14-43(38)52-44(25-49-47(52)39(36)23-33)46-31(5)21-28(2)22-32(46)6/h7-26H,1-6H3. The van der Waals surface area contributed by atoms with Gasteiger partial charge >= 0.3 is 0 Å². The molecule has 0 amide bonds. The monoisotopic (exact) mass is 686 g/mol. The number of rotatable bonds is 4. The zero-order chi connectivity index (χ0) is 36.1. The molecule has 0 atom stereocenters. The Kier molecular flexibility index (Phi) is 6.80. The van der Waals surface area contributed by atoms with E-state index in [1.54, 1.807) is 0 Å². The Morgan fingerprint density at radius 3 is 1.64 bits per heavy atom. The SMILES string of the molecule is Cc1cc(C)c(-c2cn3c4ccccc4c4ccc(Oc5ccc6c7ccccc7n7c(-c8c(C)cc(C)cc8C)cnc7c6c5)cc4c3n2)c(C)c1. The van der Waals surface area contributed by atoms with Gasteiger partial charge in [-0.05, 0) is 123 Å². The third-order valence-electron chi connectivity index (χ3n) is 10.9. The molecule has 0 aliphatic rings. The van der Waals surface area contributed by atoms with Crippen LogP contribution in [0.2, 0.25) is 0 Å². The molecule has 0 N–H and O–H groups in total. The van der Waals surface area contributed by atoms with E-state index in [1.807, 2.05) is 6.20 Å². The molecule has 10 rings (SSSR count). The quantitative estimate of drug-likeness (QED) is 0.173. The summed E-state index contributed by atoms with van der Waals surface area (Å²) >= 11 is 0. The van der Waals surface area contributed by atoms with Crippen LogP contribution in [0.3, 0.4) is 0 Å². The van der Waals surface area contributed by atoms with Gasteiger partial charge in [-0.25, -0.2) is 9.97 Å². The summed E-state index contributed by atoms with van der Waals surface area (Å²) in [7, 11) is 0. The second-order valence-corrected chi connectivity index (χ2v) is 14.7. The molecule has 0 unspecified atom stereocenters. The number of para-hydroxylation sites is 2. The Balaban J connectivity index is 1.15. The van der Waals surface area contributed by atoms with Crippen molar-refractivity contribution in [1.82, 2.24) is 18.8 Å². The van der Waals surface area contributed by atoms with Crippen molar-refractivity contribution in [3.05, 3.63) is 155 Å². The maximum absolute atomic E-state index is 6.73. The van der Waals surface area contributed by atoms with Crippen molar-refractivity contribution in [2.75, 3.05) is 0 Å². The van der Waals surface area contributed by atoms with Gasteiger partial charge in [0.05, 0.1) is 28.6 Å². The molecule has 0 saturated heterocycles. The molecule has 0 aliphatic carbocycles. The highest BCUT2D eigenvalue weighted by Crippen LogP contribution is 2.39. The minimum absolute atomic E-state index is 0.757. The number of hydrogen-bond donors (Lipinski definition) is 0. The van der Waals surface area contributed by atoms with Crippen molar-refractivity contribution < 1.29 is 4.74 Å². The van der Waals surface area contributed by atoms with Crippen molar-refractivity contribution in [2.45, 2.75) is 41.5 Å². The van der Waals surface area contributed by atoms with Gasteiger partial charge in [0.25, 0.3) is 0 Å². The molecule has 5 heteroatoms. The van der Waals surface area contributed by atoms with Gasteiger partial charge in [-0.15, -0.1) is 0 Å². The van der Waals surface area contributed by atoms with Crippen molar-refractivity contribution in [2.24, 2.45) is 0 Å². The predicted octanol–water partition coefficient (Wildman–Crippen LogP) is 12.6. The summed E-state index contributed by atoms with van der Waals surface area (Å²) in [6, 6.07) is 38.9. The lowest BCUT2D eigenvalue weighted by Gasteiger charge is -2.15. The molecule has 0 spiro atoms. The van der Waals surface area contributed by atoms with E-state index in [1.165, 1.54) is 55.3 Å². The molecular weight excluding hydrogens is 649 g/mol. The lowest BCUT2D eigenvalue weighted by Crippen LogP contribution is -1.97. The second-order valence-electron chi connectivity index (χ2n) is 14.7. The van der Waals surface area contributed by atoms with E-state index in [0.29, 0.717) is 0 Å². The molecule has 0 saturated carbocycles. The fourth-order valence-corrected chi connectivity index (χ4v) is 8.96. The zero-order valence-electron chi connectivity index (χ0n) is 30.7. The summed E-state index contributed by atoms with van der Waals surface area (Å²) in [5, 5.41) is 6.74. The minimum atomic E-state index is 0.757. The molecule has 0 radical (unpaired) electrons. The number of benzene rings is 6. The second kappa shape index (κ2) is 11.5. The maximum Gasteiger partial charge on any atom is 0.146 e. The van der Waals surface area contributed by atoms with Gasteiger partial charge in [0.15, 0.2) is 0 Å². The fraction of sp³-hybridized carbons (Fsp3) is 0.125. The number of pyridine rings is 2. The highest BCUT2D eigenvalue weighted by molar-refractivity contribution is 6.14. The highest BCUT2D eigenvalue weighted by Gasteiger charge is 2.19. The van der Waals surface area contributed by atoms with Gasteiger partial charge < -0.3 is 4.74 Å². The van der Waals surface area contributed by atoms with Crippen LogP contribution in [0.5, 0.6) is 11.5 Å². The number of nitrogens with zero attached hydrogens (tertiary/aromatic N) is 4. The first kappa shape index (κ1) is 31.3. The lowest BCUT2D eigenvalue weighted by atomic mass is 9.97. The highest BCUT2D eigenvalue weighted by atomic mass is 16.5. The molecule has 256 valence electrons. The molecular formula is C48H38N4O. The van der Waals surface area contributed by atoms with Crippen LogP contribution in [0.1, 0.15) is 33.4 Å². The summed E-state index contributed by atoms with van der Waals surface area (Å²) in [5.41, 5.74) is 16.1. The molecule has 4 heterocycles. The molecule has 0 aliphatic heterocycles. The van der Waals surface area contributed by atoms with Crippen molar-refractivity contribution in [3.8, 4) is 34.0 Å². The minimum Gasteiger partial charge on any atom is -0.457 e. The summed E-state index contributed by atoms with van der Waals surface area (Å²) < 4.78 is 11.3. The number of fused-ring (bicyclic) bond motifs is 12. The number of ether oxygens (including phenoxy) is 1. The van der Waals surface area contributed by atoms with Gasteiger partial charge in [-0.3, -0.25) is 8.80 Å². The Morgan fingerprint density at radius 1 is 0.491 bits per heavy atom. The molecule has 0 fully saturated rings. The topological polar surface area (TPSA) is 43.8 Å². The third kappa shape index (κ3) is 4.77. The van der Waals surface area contributed by atoms with E-state index in [2.05, 4.69) is 166 Å². The zero-order valence-corrected chi connectivity index (χ0v) is 30.7. The third-order valence-corrected chi connectivity index (χ3v) is 10.9. The normalized spacial score (nSPS) is 12.0. The molecule has 10 aromatic rings. The molecule has 6 aromatic carbocycles. The average Bonchev–Trinajstić information content (AvgIpc) is 3.77. The molecule has 4 aromatic heterocycles. The lowest BCUT2D eigenvalue weighted by molar-refractivity contribution is 0.484. The van der Waals surface area contributed by atoms with E-state index >= 15 is 0 Å². The first-order valence-electron chi connectivity index (χ1n) is 18.2. The van der Waals surface area contributed by atoms with Crippen LogP contribution in [-0.2, 0) is 0 Å². The molecule has 0 bridgehead atoms. The van der Waals surface area contributed by atoms with Crippen molar-refractivity contribution in [3.63, 3.8) is 0 Å². The Hall–Kier alpha value is -6.46. The number of imidazole rings is 2. The van der Waals surface area contributed by atoms with E-state index < -0.39 is 0 Å². The van der Waals surface area contributed by atoms with Crippen LogP contribution in [0.25, 0.3) is 77.2 Å². The van der Waals surface area contributed by atoms with Crippen LogP contribution in [0, 0.1) is 41.5 Å². The summed E-state index contributed by atoms with van der Waals surface area (Å²) in [5.74, 6) is 1.51. The predicted molar refractivity (Wildman–Crippen MR) is 220 cm³/mol. The van der Waals surface area contributed by atoms with Crippen molar-refractivity contribution >= 4 is 54.6 Å². The van der Waals surface area contributed by atoms with E-state index in [-0.39, 0.29) is 0 Å². The van der Waals surface area contributed by atoms with Crippen molar-refractivity contribution in [1.29, 1.82) is 0 Å². The first-order chi connectivity index (χ1) is 25.7. The fourth-order valence-electron chi connectivity index (χ4n) is 8.96. The molecule has 53 heavy (non-hydrogen) atoms. The maximum atomic E-state index is 6.73. The Labute approximate surface area is 307 Å². The summed E-state index contributed by atoms with van der Waals surface area (Å²) in [6.45, 7) is 13.0. The summed E-state index contributed by atoms with van der Waals surface area (Å²) in [4.78, 5) is 10.4. The Bertz CT molecular complexity index is 3070. The number of aromatic nitrogens is 4. The molecule has 5 nitrogen and oxygen atoms in total. The van der Waals surface area contributed by atoms with Gasteiger partial charge in [0, 0.05) is 38.9 Å². The van der Waals surface area contributed by atoms with Crippen LogP contribution in [0.15, 0.2) is 122 Å². The van der Waals surface area contributed by atoms with Crippen LogP contribution >= 0.6 is 0 Å². The average molecular weight is 687 g/mol. The van der Waals surface area contributed by atoms with E-state index in [4.69, 9.17) is 14.7 Å². The van der Waals surface area contributed by atoms with Gasteiger partial charge in [-0.1, -0.05) is 71.8 Å². The van der Waals surface area contributed by atoms with Gasteiger partial charge in [-0.2, -0.15) is 0 Å². The van der Waals surface area contributed by atoms with Gasteiger partial charge in [0.2, 0.25) is 0 Å². The Morgan fingerprint density at radius 2 is 1.02 bits per heavy atom. The smallest absolute Gasteiger partial charge is 0.146 e. The van der Waals surface area contributed by atoms with Gasteiger partial charge in [0.1, 0.15) is 22.8 Å². The van der Waals surface area contributed by atoms with Crippen LogP contribution < -0.4 is 4.74 Å². The number of aryl methyl sites for hydroxylation is 6. The van der Waals surface area contributed by atoms with E-state index in [0.717, 1.165) is 66.8 Å². The first-order valence-corrected chi connectivity index (χ1v) is 18.2.